The van der Waals surface area contributed by atoms with Gasteiger partial charge in [0, 0.05) is 6.42 Å². The summed E-state index contributed by atoms with van der Waals surface area (Å²) in [6.45, 7) is 10.00. The number of hydrogen-bond donors (Lipinski definition) is 1. The number of nitrogens with two attached hydrogens (primary N) is 1. The average Bonchev–Trinajstić information content (AvgIpc) is 3.05. The third-order valence-electron chi connectivity index (χ3n) is 5.78. The maximum atomic E-state index is 12.4. The number of hydrogen-bond acceptors (Lipinski definition) is 7. The fourth-order valence-corrected chi connectivity index (χ4v) is 5.00. The molecule has 0 spiro atoms. The molecule has 4 heterocycles. The van der Waals surface area contributed by atoms with Gasteiger partial charge in [-0.3, -0.25) is 4.90 Å². The molecule has 1 saturated heterocycles. The highest BCUT2D eigenvalue weighted by atomic mass is 32.1. The lowest BCUT2D eigenvalue weighted by molar-refractivity contribution is -0.329. The maximum Gasteiger partial charge on any atom is 0.350 e. The number of nitrogens with zero attached hydrogens (tertiary/aromatic N) is 1. The van der Waals surface area contributed by atoms with Gasteiger partial charge in [0.25, 0.3) is 5.82 Å². The second-order valence-corrected chi connectivity index (χ2v) is 8.59. The second-order valence-electron chi connectivity index (χ2n) is 7.57. The zero-order chi connectivity index (χ0) is 19.9. The fourth-order valence-electron chi connectivity index (χ4n) is 3.96. The van der Waals surface area contributed by atoms with E-state index >= 15 is 0 Å². The van der Waals surface area contributed by atoms with Crippen LogP contribution in [0.15, 0.2) is 0 Å². The molecule has 0 radical (unpaired) electrons. The van der Waals surface area contributed by atoms with Crippen molar-refractivity contribution in [2.24, 2.45) is 0 Å². The highest BCUT2D eigenvalue weighted by Crippen LogP contribution is 2.42. The zero-order valence-electron chi connectivity index (χ0n) is 16.7. The van der Waals surface area contributed by atoms with E-state index in [9.17, 15) is 4.79 Å². The second kappa shape index (κ2) is 7.50. The van der Waals surface area contributed by atoms with Crippen LogP contribution in [-0.4, -0.2) is 44.5 Å². The van der Waals surface area contributed by atoms with Crippen molar-refractivity contribution < 1.29 is 24.0 Å². The van der Waals surface area contributed by atoms with Gasteiger partial charge in [0.2, 0.25) is 0 Å². The summed E-state index contributed by atoms with van der Waals surface area (Å²) < 4.78 is 17.0. The third-order valence-corrected chi connectivity index (χ3v) is 6.88. The molecule has 0 bridgehead atoms. The molecule has 3 N–H and O–H groups in total. The minimum atomic E-state index is -0.360. The standard InChI is InChI=1S/C20H27N3O4S/c1-4-20(3)10-12-13(11-27-20)17(23-6-8-25-9-7-23)22-18-14(12)15(21)16(28-18)19(24)26-5-2/h4-11,21H2,1-3H3/p+1/t20-/m0/s1. The topological polar surface area (TPSA) is 88.2 Å². The summed E-state index contributed by atoms with van der Waals surface area (Å²) in [5, 5.41) is 0.947. The average molecular weight is 407 g/mol. The van der Waals surface area contributed by atoms with Crippen molar-refractivity contribution in [3.8, 4) is 0 Å². The molecule has 1 atom stereocenters. The smallest absolute Gasteiger partial charge is 0.350 e. The predicted molar refractivity (Wildman–Crippen MR) is 109 cm³/mol. The normalized spacial score (nSPS) is 22.3. The van der Waals surface area contributed by atoms with Gasteiger partial charge in [-0.2, -0.15) is 0 Å². The van der Waals surface area contributed by atoms with Crippen molar-refractivity contribution in [1.29, 1.82) is 0 Å². The quantitative estimate of drug-likeness (QED) is 0.785. The van der Waals surface area contributed by atoms with Crippen LogP contribution in [0.1, 0.15) is 48.0 Å². The first-order chi connectivity index (χ1) is 13.5. The van der Waals surface area contributed by atoms with Crippen LogP contribution in [0.4, 0.5) is 11.5 Å². The van der Waals surface area contributed by atoms with Crippen molar-refractivity contribution in [2.45, 2.75) is 45.8 Å². The molecule has 2 aliphatic rings. The van der Waals surface area contributed by atoms with E-state index in [1.807, 2.05) is 0 Å². The van der Waals surface area contributed by atoms with Crippen molar-refractivity contribution in [3.05, 3.63) is 16.0 Å². The molecule has 2 aromatic heterocycles. The Labute approximate surface area is 168 Å². The van der Waals surface area contributed by atoms with Crippen LogP contribution < -0.4 is 15.6 Å². The molecule has 7 nitrogen and oxygen atoms in total. The molecule has 0 amide bonds. The Hall–Kier alpha value is -1.90. The number of anilines is 2. The van der Waals surface area contributed by atoms with Crippen molar-refractivity contribution in [2.75, 3.05) is 43.5 Å². The van der Waals surface area contributed by atoms with Gasteiger partial charge in [-0.05, 0) is 25.8 Å². The molecule has 0 unspecified atom stereocenters. The van der Waals surface area contributed by atoms with Crippen LogP contribution in [0.2, 0.25) is 0 Å². The van der Waals surface area contributed by atoms with E-state index < -0.39 is 0 Å². The SMILES string of the molecule is CCOC(=O)c1sc2[nH+]c(N3CCOCC3)c3c(c2c1N)C[C@](C)(CC)OC3. The van der Waals surface area contributed by atoms with Gasteiger partial charge < -0.3 is 19.9 Å². The molecule has 8 heteroatoms. The number of morpholine rings is 1. The number of thiophene rings is 1. The monoisotopic (exact) mass is 406 g/mol. The molecule has 1 fully saturated rings. The van der Waals surface area contributed by atoms with Crippen LogP contribution in [-0.2, 0) is 27.2 Å². The summed E-state index contributed by atoms with van der Waals surface area (Å²) in [6.07, 6.45) is 1.68. The molecule has 152 valence electrons. The summed E-state index contributed by atoms with van der Waals surface area (Å²) in [4.78, 5) is 19.7. The lowest BCUT2D eigenvalue weighted by Crippen LogP contribution is -2.42. The van der Waals surface area contributed by atoms with Crippen LogP contribution in [0.5, 0.6) is 0 Å². The van der Waals surface area contributed by atoms with Crippen molar-refractivity contribution >= 4 is 39.0 Å². The van der Waals surface area contributed by atoms with Gasteiger partial charge in [-0.1, -0.05) is 18.3 Å². The van der Waals surface area contributed by atoms with Crippen LogP contribution in [0.25, 0.3) is 10.2 Å². The summed E-state index contributed by atoms with van der Waals surface area (Å²) in [6, 6.07) is 0. The van der Waals surface area contributed by atoms with E-state index in [0.29, 0.717) is 37.0 Å². The molecule has 0 saturated carbocycles. The fraction of sp³-hybridized carbons (Fsp3) is 0.600. The number of aromatic amines is 1. The minimum absolute atomic E-state index is 0.234. The Balaban J connectivity index is 1.91. The van der Waals surface area contributed by atoms with Gasteiger partial charge in [-0.25, -0.2) is 9.78 Å². The molecule has 2 aromatic rings. The first-order valence-corrected chi connectivity index (χ1v) is 10.7. The molecular formula is C20H28N3O4S+. The molecule has 2 aliphatic heterocycles. The lowest BCUT2D eigenvalue weighted by atomic mass is 9.87. The third kappa shape index (κ3) is 3.23. The number of H-pyrrole nitrogens is 1. The van der Waals surface area contributed by atoms with Crippen LogP contribution >= 0.6 is 11.3 Å². The summed E-state index contributed by atoms with van der Waals surface area (Å²) in [5.74, 6) is 0.696. The number of fused-ring (bicyclic) bond motifs is 3. The van der Waals surface area contributed by atoms with E-state index in [2.05, 4.69) is 23.7 Å². The number of esters is 1. The van der Waals surface area contributed by atoms with E-state index in [-0.39, 0.29) is 11.6 Å². The zero-order valence-corrected chi connectivity index (χ0v) is 17.5. The predicted octanol–water partition coefficient (Wildman–Crippen LogP) is 2.55. The lowest BCUT2D eigenvalue weighted by Gasteiger charge is -2.35. The summed E-state index contributed by atoms with van der Waals surface area (Å²) >= 11 is 1.38. The first-order valence-electron chi connectivity index (χ1n) is 9.90. The van der Waals surface area contributed by atoms with Crippen molar-refractivity contribution in [1.82, 2.24) is 0 Å². The highest BCUT2D eigenvalue weighted by Gasteiger charge is 2.38. The Morgan fingerprint density at radius 1 is 1.32 bits per heavy atom. The number of aromatic nitrogens is 1. The van der Waals surface area contributed by atoms with E-state index in [1.165, 1.54) is 16.9 Å². The number of ether oxygens (including phenoxy) is 3. The number of pyridine rings is 1. The molecular weight excluding hydrogens is 378 g/mol. The molecule has 0 aromatic carbocycles. The van der Waals surface area contributed by atoms with Crippen molar-refractivity contribution in [3.63, 3.8) is 0 Å². The Kier molecular flexibility index (Phi) is 5.20. The maximum absolute atomic E-state index is 12.4. The number of carbonyl (C=O) groups excluding carboxylic acids is 1. The van der Waals surface area contributed by atoms with Gasteiger partial charge in [-0.15, -0.1) is 0 Å². The van der Waals surface area contributed by atoms with E-state index in [4.69, 9.17) is 19.9 Å². The van der Waals surface area contributed by atoms with Gasteiger partial charge >= 0.3 is 5.97 Å². The number of nitrogen functional groups attached to an aromatic ring is 1. The van der Waals surface area contributed by atoms with Crippen LogP contribution in [0.3, 0.4) is 0 Å². The Bertz CT molecular complexity index is 907. The Morgan fingerprint density at radius 3 is 2.75 bits per heavy atom. The minimum Gasteiger partial charge on any atom is -0.462 e. The highest BCUT2D eigenvalue weighted by molar-refractivity contribution is 7.20. The van der Waals surface area contributed by atoms with Gasteiger partial charge in [0.15, 0.2) is 4.83 Å². The largest absolute Gasteiger partial charge is 0.462 e. The molecule has 28 heavy (non-hydrogen) atoms. The number of nitrogens with one attached hydrogen (secondary N) is 1. The number of carbonyl (C=O) groups is 1. The summed E-state index contributed by atoms with van der Waals surface area (Å²) in [7, 11) is 0. The Morgan fingerprint density at radius 2 is 2.07 bits per heavy atom. The van der Waals surface area contributed by atoms with Gasteiger partial charge in [0.1, 0.15) is 18.0 Å². The molecule has 0 aliphatic carbocycles. The summed E-state index contributed by atoms with van der Waals surface area (Å²) in [5.41, 5.74) is 9.08. The molecule has 4 rings (SSSR count). The van der Waals surface area contributed by atoms with E-state index in [1.54, 1.807) is 6.92 Å². The first kappa shape index (κ1) is 19.4. The van der Waals surface area contributed by atoms with E-state index in [0.717, 1.165) is 47.5 Å². The van der Waals surface area contributed by atoms with Gasteiger partial charge in [0.05, 0.1) is 48.7 Å². The number of rotatable bonds is 4. The van der Waals surface area contributed by atoms with Crippen LogP contribution in [0, 0.1) is 0 Å².